The molecular weight excluding hydrogens is 551 g/mol. The van der Waals surface area contributed by atoms with Crippen LogP contribution in [0.3, 0.4) is 0 Å². The molecule has 0 bridgehead atoms. The Morgan fingerprint density at radius 1 is 0.867 bits per heavy atom. The molecule has 0 aliphatic rings. The molecule has 1 aromatic heterocycles. The number of rotatable bonds is 5. The predicted molar refractivity (Wildman–Crippen MR) is 136 cm³/mol. The summed E-state index contributed by atoms with van der Waals surface area (Å²) in [6, 6.07) is 28.2. The van der Waals surface area contributed by atoms with E-state index in [4.69, 9.17) is 9.97 Å². The summed E-state index contributed by atoms with van der Waals surface area (Å²) in [4.78, 5) is 9.48. The van der Waals surface area contributed by atoms with Crippen LogP contribution in [0.2, 0.25) is 0 Å². The van der Waals surface area contributed by atoms with Gasteiger partial charge in [0.1, 0.15) is 0 Å². The summed E-state index contributed by atoms with van der Waals surface area (Å²) in [5.74, 6) is 1.29. The lowest BCUT2D eigenvalue weighted by Crippen LogP contribution is -2.03. The number of hydrazone groups is 1. The Labute approximate surface area is 197 Å². The zero-order valence-corrected chi connectivity index (χ0v) is 19.9. The molecule has 3 aromatic carbocycles. The number of nitrogens with one attached hydrogen (secondary N) is 1. The van der Waals surface area contributed by atoms with Crippen molar-refractivity contribution < 1.29 is 0 Å². The highest BCUT2D eigenvalue weighted by molar-refractivity contribution is 14.1. The molecule has 0 saturated carbocycles. The molecule has 1 heterocycles. The maximum Gasteiger partial charge on any atom is 0.162 e. The number of benzene rings is 3. The van der Waals surface area contributed by atoms with E-state index in [-0.39, 0.29) is 0 Å². The quantitative estimate of drug-likeness (QED) is 0.160. The van der Waals surface area contributed by atoms with Crippen molar-refractivity contribution in [3.05, 3.63) is 98.5 Å². The molecule has 0 saturated heterocycles. The van der Waals surface area contributed by atoms with Crippen LogP contribution in [0.15, 0.2) is 94.5 Å². The Morgan fingerprint density at radius 2 is 1.57 bits per heavy atom. The second kappa shape index (κ2) is 9.49. The van der Waals surface area contributed by atoms with Crippen molar-refractivity contribution in [2.24, 2.45) is 5.10 Å². The first kappa shape index (κ1) is 20.7. The van der Waals surface area contributed by atoms with Gasteiger partial charge in [-0.15, -0.1) is 0 Å². The summed E-state index contributed by atoms with van der Waals surface area (Å²) >= 11 is 5.77. The first-order chi connectivity index (χ1) is 14.6. The zero-order chi connectivity index (χ0) is 20.9. The topological polar surface area (TPSA) is 50.2 Å². The largest absolute Gasteiger partial charge is 0.261 e. The number of hydrogen-bond acceptors (Lipinski definition) is 4. The van der Waals surface area contributed by atoms with Crippen molar-refractivity contribution in [1.82, 2.24) is 9.97 Å². The van der Waals surface area contributed by atoms with Crippen molar-refractivity contribution in [2.75, 3.05) is 5.43 Å². The van der Waals surface area contributed by atoms with Crippen LogP contribution in [-0.4, -0.2) is 15.7 Å². The second-order valence-corrected chi connectivity index (χ2v) is 8.81. The average molecular weight is 569 g/mol. The van der Waals surface area contributed by atoms with E-state index in [0.29, 0.717) is 11.6 Å². The van der Waals surface area contributed by atoms with Crippen LogP contribution in [0.1, 0.15) is 12.5 Å². The molecule has 0 fully saturated rings. The molecule has 1 N–H and O–H groups in total. The minimum atomic E-state index is 0.645. The highest BCUT2D eigenvalue weighted by atomic mass is 127. The number of halogens is 2. The Hall–Kier alpha value is -2.58. The molecule has 148 valence electrons. The average Bonchev–Trinajstić information content (AvgIpc) is 2.79. The number of nitrogens with zero attached hydrogens (tertiary/aromatic N) is 3. The molecule has 0 unspecified atom stereocenters. The molecule has 0 aliphatic carbocycles. The third-order valence-electron chi connectivity index (χ3n) is 4.50. The van der Waals surface area contributed by atoms with Gasteiger partial charge in [-0.2, -0.15) is 5.10 Å². The van der Waals surface area contributed by atoms with Gasteiger partial charge in [0.15, 0.2) is 11.6 Å². The molecule has 4 rings (SSSR count). The van der Waals surface area contributed by atoms with Crippen molar-refractivity contribution >= 4 is 50.1 Å². The summed E-state index contributed by atoms with van der Waals surface area (Å²) in [6.45, 7) is 1.98. The van der Waals surface area contributed by atoms with E-state index in [9.17, 15) is 0 Å². The summed E-state index contributed by atoms with van der Waals surface area (Å²) in [7, 11) is 0. The molecule has 6 heteroatoms. The fourth-order valence-electron chi connectivity index (χ4n) is 2.89. The van der Waals surface area contributed by atoms with Gasteiger partial charge in [0.2, 0.25) is 0 Å². The van der Waals surface area contributed by atoms with Gasteiger partial charge < -0.3 is 0 Å². The van der Waals surface area contributed by atoms with Gasteiger partial charge in [0, 0.05) is 25.2 Å². The minimum Gasteiger partial charge on any atom is -0.261 e. The second-order valence-electron chi connectivity index (χ2n) is 6.65. The summed E-state index contributed by atoms with van der Waals surface area (Å²) in [5, 5.41) is 4.54. The Balaban J connectivity index is 1.71. The van der Waals surface area contributed by atoms with E-state index in [0.717, 1.165) is 32.6 Å². The van der Waals surface area contributed by atoms with Gasteiger partial charge in [-0.25, -0.2) is 9.97 Å². The van der Waals surface area contributed by atoms with Crippen LogP contribution in [0.25, 0.3) is 22.6 Å². The van der Waals surface area contributed by atoms with Crippen LogP contribution in [-0.2, 0) is 0 Å². The summed E-state index contributed by atoms with van der Waals surface area (Å²) < 4.78 is 2.21. The lowest BCUT2D eigenvalue weighted by atomic mass is 10.1. The normalized spacial score (nSPS) is 11.4. The SMILES string of the molecule is C/C(=N/Nc1cc(-c2ccccc2)nc(-c2ccc(Br)cc2)n1)c1ccc(I)cc1. The third-order valence-corrected chi connectivity index (χ3v) is 5.75. The van der Waals surface area contributed by atoms with Gasteiger partial charge in [-0.05, 0) is 59.3 Å². The first-order valence-electron chi connectivity index (χ1n) is 9.35. The molecule has 4 aromatic rings. The maximum absolute atomic E-state index is 4.78. The number of hydrogen-bond donors (Lipinski definition) is 1. The fourth-order valence-corrected chi connectivity index (χ4v) is 3.51. The van der Waals surface area contributed by atoms with Gasteiger partial charge >= 0.3 is 0 Å². The highest BCUT2D eigenvalue weighted by Gasteiger charge is 2.09. The highest BCUT2D eigenvalue weighted by Crippen LogP contribution is 2.25. The predicted octanol–water partition coefficient (Wildman–Crippen LogP) is 7.01. The van der Waals surface area contributed by atoms with E-state index in [1.165, 1.54) is 3.57 Å². The van der Waals surface area contributed by atoms with Crippen molar-refractivity contribution in [2.45, 2.75) is 6.92 Å². The van der Waals surface area contributed by atoms with Gasteiger partial charge in [-0.1, -0.05) is 70.5 Å². The van der Waals surface area contributed by atoms with E-state index >= 15 is 0 Å². The van der Waals surface area contributed by atoms with Crippen LogP contribution >= 0.6 is 38.5 Å². The standard InChI is InChI=1S/C24H18BrIN4/c1-16(17-9-13-21(26)14-10-17)29-30-23-15-22(18-5-3-2-4-6-18)27-24(28-23)19-7-11-20(25)12-8-19/h2-15H,1H3,(H,27,28,30)/b29-16-. The smallest absolute Gasteiger partial charge is 0.162 e. The van der Waals surface area contributed by atoms with Gasteiger partial charge in [0.05, 0.1) is 11.4 Å². The van der Waals surface area contributed by atoms with Crippen molar-refractivity contribution in [1.29, 1.82) is 0 Å². The van der Waals surface area contributed by atoms with Crippen LogP contribution < -0.4 is 5.43 Å². The molecule has 0 radical (unpaired) electrons. The first-order valence-corrected chi connectivity index (χ1v) is 11.2. The maximum atomic E-state index is 4.78. The van der Waals surface area contributed by atoms with Gasteiger partial charge in [-0.3, -0.25) is 5.43 Å². The molecule has 0 aliphatic heterocycles. The molecular formula is C24H18BrIN4. The lowest BCUT2D eigenvalue weighted by Gasteiger charge is -2.09. The van der Waals surface area contributed by atoms with Crippen LogP contribution in [0.5, 0.6) is 0 Å². The molecule has 0 amide bonds. The van der Waals surface area contributed by atoms with E-state index in [2.05, 4.69) is 73.3 Å². The molecule has 30 heavy (non-hydrogen) atoms. The molecule has 0 spiro atoms. The van der Waals surface area contributed by atoms with Crippen LogP contribution in [0.4, 0.5) is 5.82 Å². The lowest BCUT2D eigenvalue weighted by molar-refractivity contribution is 1.15. The Bertz CT molecular complexity index is 1170. The van der Waals surface area contributed by atoms with E-state index in [1.807, 2.05) is 67.6 Å². The molecule has 4 nitrogen and oxygen atoms in total. The van der Waals surface area contributed by atoms with E-state index in [1.54, 1.807) is 0 Å². The van der Waals surface area contributed by atoms with Crippen molar-refractivity contribution in [3.8, 4) is 22.6 Å². The Kier molecular flexibility index (Phi) is 6.54. The zero-order valence-electron chi connectivity index (χ0n) is 16.2. The molecule has 0 atom stereocenters. The van der Waals surface area contributed by atoms with E-state index < -0.39 is 0 Å². The number of aromatic nitrogens is 2. The fraction of sp³-hybridized carbons (Fsp3) is 0.0417. The van der Waals surface area contributed by atoms with Crippen molar-refractivity contribution in [3.63, 3.8) is 0 Å². The van der Waals surface area contributed by atoms with Crippen LogP contribution in [0, 0.1) is 3.57 Å². The van der Waals surface area contributed by atoms with Gasteiger partial charge in [0.25, 0.3) is 0 Å². The summed E-state index contributed by atoms with van der Waals surface area (Å²) in [5.41, 5.74) is 7.87. The third kappa shape index (κ3) is 5.12. The Morgan fingerprint density at radius 3 is 2.27 bits per heavy atom. The summed E-state index contributed by atoms with van der Waals surface area (Å²) in [6.07, 6.45) is 0. The number of anilines is 1. The monoisotopic (exact) mass is 568 g/mol. The minimum absolute atomic E-state index is 0.645.